The number of rotatable bonds is 4. The summed E-state index contributed by atoms with van der Waals surface area (Å²) >= 11 is 0. The molecular formula is C12H11FN2O3. The summed E-state index contributed by atoms with van der Waals surface area (Å²) in [5.41, 5.74) is -1.42. The van der Waals surface area contributed by atoms with E-state index in [2.05, 4.69) is 4.98 Å². The van der Waals surface area contributed by atoms with Gasteiger partial charge in [0.1, 0.15) is 5.82 Å². The molecule has 0 saturated carbocycles. The van der Waals surface area contributed by atoms with Gasteiger partial charge in [-0.2, -0.15) is 0 Å². The molecule has 2 rings (SSSR count). The fourth-order valence-corrected chi connectivity index (χ4v) is 1.83. The molecule has 1 aromatic carbocycles. The van der Waals surface area contributed by atoms with Crippen LogP contribution in [0.5, 0.6) is 0 Å². The van der Waals surface area contributed by atoms with Crippen molar-refractivity contribution in [3.63, 3.8) is 0 Å². The van der Waals surface area contributed by atoms with Crippen LogP contribution in [-0.2, 0) is 10.3 Å². The molecule has 1 aromatic heterocycles. The second-order valence-corrected chi connectivity index (χ2v) is 3.80. The number of aromatic nitrogens is 2. The number of carboxylic acids is 1. The van der Waals surface area contributed by atoms with Gasteiger partial charge >= 0.3 is 5.97 Å². The van der Waals surface area contributed by atoms with Crippen molar-refractivity contribution < 1.29 is 19.4 Å². The number of carboxylic acid groups (broad SMARTS) is 1. The van der Waals surface area contributed by atoms with Gasteiger partial charge in [-0.15, -0.1) is 0 Å². The van der Waals surface area contributed by atoms with E-state index in [1.54, 1.807) is 0 Å². The molecule has 0 aliphatic carbocycles. The zero-order valence-electron chi connectivity index (χ0n) is 9.32. The average Bonchev–Trinajstić information content (AvgIpc) is 2.87. The number of aliphatic hydroxyl groups excluding tert-OH is 1. The Morgan fingerprint density at radius 1 is 1.39 bits per heavy atom. The molecule has 0 radical (unpaired) electrons. The minimum absolute atomic E-state index is 0.275. The molecule has 2 N–H and O–H groups in total. The van der Waals surface area contributed by atoms with Crippen molar-refractivity contribution in [2.24, 2.45) is 0 Å². The lowest BCUT2D eigenvalue weighted by atomic mass is 9.90. The van der Waals surface area contributed by atoms with Crippen LogP contribution in [0.25, 0.3) is 0 Å². The number of halogens is 1. The van der Waals surface area contributed by atoms with Crippen LogP contribution in [0.2, 0.25) is 0 Å². The number of hydrogen-bond donors (Lipinski definition) is 2. The lowest BCUT2D eigenvalue weighted by molar-refractivity contribution is -0.147. The first-order valence-electron chi connectivity index (χ1n) is 5.20. The third kappa shape index (κ3) is 1.76. The van der Waals surface area contributed by atoms with Gasteiger partial charge in [-0.05, 0) is 17.7 Å². The first-order valence-corrected chi connectivity index (χ1v) is 5.20. The molecule has 0 aliphatic heterocycles. The summed E-state index contributed by atoms with van der Waals surface area (Å²) in [5.74, 6) is -1.71. The molecule has 1 atom stereocenters. The Hall–Kier alpha value is -2.21. The Kier molecular flexibility index (Phi) is 3.12. The Labute approximate surface area is 102 Å². The molecule has 0 bridgehead atoms. The number of aliphatic hydroxyl groups is 1. The monoisotopic (exact) mass is 250 g/mol. The topological polar surface area (TPSA) is 75.3 Å². The van der Waals surface area contributed by atoms with E-state index in [1.165, 1.54) is 35.4 Å². The molecule has 2 aromatic rings. The predicted octanol–water partition coefficient (Wildman–Crippen LogP) is 0.843. The van der Waals surface area contributed by atoms with Crippen molar-refractivity contribution >= 4 is 5.97 Å². The molecule has 0 spiro atoms. The maximum Gasteiger partial charge on any atom is 0.337 e. The summed E-state index contributed by atoms with van der Waals surface area (Å²) in [6, 6.07) is 4.97. The van der Waals surface area contributed by atoms with Crippen LogP contribution < -0.4 is 0 Å². The van der Waals surface area contributed by atoms with Crippen LogP contribution in [0.4, 0.5) is 4.39 Å². The molecule has 94 valence electrons. The van der Waals surface area contributed by atoms with Crippen molar-refractivity contribution in [3.05, 3.63) is 54.4 Å². The maximum absolute atomic E-state index is 12.9. The van der Waals surface area contributed by atoms with Crippen LogP contribution in [0.3, 0.4) is 0 Å². The van der Waals surface area contributed by atoms with Crippen LogP contribution in [0, 0.1) is 5.82 Å². The summed E-state index contributed by atoms with van der Waals surface area (Å²) in [6.07, 6.45) is 4.15. The second kappa shape index (κ2) is 4.58. The summed E-state index contributed by atoms with van der Waals surface area (Å²) in [7, 11) is 0. The third-order valence-corrected chi connectivity index (χ3v) is 2.85. The molecule has 1 heterocycles. The van der Waals surface area contributed by atoms with E-state index in [0.29, 0.717) is 0 Å². The van der Waals surface area contributed by atoms with Crippen molar-refractivity contribution in [3.8, 4) is 0 Å². The van der Waals surface area contributed by atoms with Crippen LogP contribution in [0.1, 0.15) is 5.56 Å². The maximum atomic E-state index is 12.9. The summed E-state index contributed by atoms with van der Waals surface area (Å²) in [4.78, 5) is 15.3. The van der Waals surface area contributed by atoms with Gasteiger partial charge in [-0.3, -0.25) is 0 Å². The van der Waals surface area contributed by atoms with E-state index in [4.69, 9.17) is 0 Å². The van der Waals surface area contributed by atoms with Gasteiger partial charge in [0, 0.05) is 12.4 Å². The van der Waals surface area contributed by atoms with Crippen molar-refractivity contribution in [2.75, 3.05) is 6.61 Å². The highest BCUT2D eigenvalue weighted by Gasteiger charge is 2.41. The number of carbonyl (C=O) groups is 1. The van der Waals surface area contributed by atoms with Crippen LogP contribution >= 0.6 is 0 Å². The van der Waals surface area contributed by atoms with Gasteiger partial charge in [0.05, 0.1) is 12.9 Å². The molecule has 0 aliphatic rings. The van der Waals surface area contributed by atoms with E-state index in [-0.39, 0.29) is 5.56 Å². The minimum atomic E-state index is -1.69. The van der Waals surface area contributed by atoms with Gasteiger partial charge in [0.15, 0.2) is 5.54 Å². The first-order chi connectivity index (χ1) is 8.61. The van der Waals surface area contributed by atoms with E-state index in [1.807, 2.05) is 0 Å². The first kappa shape index (κ1) is 12.3. The summed E-state index contributed by atoms with van der Waals surface area (Å²) < 4.78 is 14.2. The minimum Gasteiger partial charge on any atom is -0.479 e. The van der Waals surface area contributed by atoms with Crippen LogP contribution in [-0.4, -0.2) is 32.3 Å². The molecule has 1 unspecified atom stereocenters. The smallest absolute Gasteiger partial charge is 0.337 e. The van der Waals surface area contributed by atoms with Crippen LogP contribution in [0.15, 0.2) is 43.0 Å². The molecular weight excluding hydrogens is 239 g/mol. The van der Waals surface area contributed by atoms with E-state index >= 15 is 0 Å². The molecule has 0 fully saturated rings. The van der Waals surface area contributed by atoms with Gasteiger partial charge in [-0.1, -0.05) is 12.1 Å². The molecule has 6 heteroatoms. The molecule has 0 saturated heterocycles. The quantitative estimate of drug-likeness (QED) is 0.843. The average molecular weight is 250 g/mol. The van der Waals surface area contributed by atoms with Crippen molar-refractivity contribution in [2.45, 2.75) is 5.54 Å². The van der Waals surface area contributed by atoms with Gasteiger partial charge in [-0.25, -0.2) is 14.2 Å². The Balaban J connectivity index is 2.62. The Morgan fingerprint density at radius 3 is 2.50 bits per heavy atom. The molecule has 0 amide bonds. The fraction of sp³-hybridized carbons (Fsp3) is 0.167. The van der Waals surface area contributed by atoms with Crippen molar-refractivity contribution in [1.29, 1.82) is 0 Å². The highest BCUT2D eigenvalue weighted by molar-refractivity contribution is 5.81. The van der Waals surface area contributed by atoms with Gasteiger partial charge in [0.25, 0.3) is 0 Å². The fourth-order valence-electron chi connectivity index (χ4n) is 1.83. The van der Waals surface area contributed by atoms with E-state index < -0.39 is 23.9 Å². The molecule has 5 nitrogen and oxygen atoms in total. The van der Waals surface area contributed by atoms with E-state index in [0.717, 1.165) is 12.1 Å². The lowest BCUT2D eigenvalue weighted by Gasteiger charge is -2.29. The number of benzene rings is 1. The number of hydrogen-bond acceptors (Lipinski definition) is 3. The predicted molar refractivity (Wildman–Crippen MR) is 60.4 cm³/mol. The standard InChI is InChI=1S/C12H11FN2O3/c13-10-3-1-9(2-4-10)12(7-16,11(17)18)15-6-5-14-8-15/h1-6,8,16H,7H2,(H,17,18). The summed E-state index contributed by atoms with van der Waals surface area (Å²) in [6.45, 7) is -0.662. The zero-order chi connectivity index (χ0) is 13.2. The highest BCUT2D eigenvalue weighted by atomic mass is 19.1. The largest absolute Gasteiger partial charge is 0.479 e. The molecule has 18 heavy (non-hydrogen) atoms. The number of imidazole rings is 1. The van der Waals surface area contributed by atoms with Gasteiger partial charge < -0.3 is 14.8 Å². The summed E-state index contributed by atoms with van der Waals surface area (Å²) in [5, 5.41) is 18.9. The normalized spacial score (nSPS) is 14.1. The zero-order valence-corrected chi connectivity index (χ0v) is 9.32. The third-order valence-electron chi connectivity index (χ3n) is 2.85. The lowest BCUT2D eigenvalue weighted by Crippen LogP contribution is -2.45. The highest BCUT2D eigenvalue weighted by Crippen LogP contribution is 2.26. The number of aliphatic carboxylic acids is 1. The van der Waals surface area contributed by atoms with E-state index in [9.17, 15) is 19.4 Å². The van der Waals surface area contributed by atoms with Gasteiger partial charge in [0.2, 0.25) is 0 Å². The Bertz CT molecular complexity index is 539. The van der Waals surface area contributed by atoms with Crippen molar-refractivity contribution in [1.82, 2.24) is 9.55 Å². The number of nitrogens with zero attached hydrogens (tertiary/aromatic N) is 2. The Morgan fingerprint density at radius 2 is 2.06 bits per heavy atom. The second-order valence-electron chi connectivity index (χ2n) is 3.80. The SMILES string of the molecule is O=C(O)C(CO)(c1ccc(F)cc1)n1ccnc1.